The average molecular weight is 229 g/mol. The summed E-state index contributed by atoms with van der Waals surface area (Å²) in [5.74, 6) is 0.692. The van der Waals surface area contributed by atoms with E-state index in [1.54, 1.807) is 30.9 Å². The second kappa shape index (κ2) is 4.88. The molecule has 0 fully saturated rings. The highest BCUT2D eigenvalue weighted by Gasteiger charge is 2.17. The van der Waals surface area contributed by atoms with Gasteiger partial charge in [-0.1, -0.05) is 0 Å². The normalized spacial score (nSPS) is 12.4. The molecule has 17 heavy (non-hydrogen) atoms. The number of nitrogens with one attached hydrogen (secondary N) is 1. The molecular weight excluding hydrogens is 214 g/mol. The molecule has 88 valence electrons. The third kappa shape index (κ3) is 2.39. The molecule has 0 aromatic carbocycles. The number of pyridine rings is 1. The van der Waals surface area contributed by atoms with Gasteiger partial charge in [-0.3, -0.25) is 4.98 Å². The largest absolute Gasteiger partial charge is 0.398 e. The van der Waals surface area contributed by atoms with Crippen molar-refractivity contribution < 1.29 is 0 Å². The van der Waals surface area contributed by atoms with Gasteiger partial charge in [0, 0.05) is 36.0 Å². The molecule has 2 aromatic rings. The number of hydrogen-bond acceptors (Lipinski definition) is 5. The number of aryl methyl sites for hydroxylation is 1. The van der Waals surface area contributed by atoms with E-state index >= 15 is 0 Å². The van der Waals surface area contributed by atoms with Crippen LogP contribution in [0.3, 0.4) is 0 Å². The predicted molar refractivity (Wildman–Crippen MR) is 66.3 cm³/mol. The van der Waals surface area contributed by atoms with Crippen LogP contribution in [0.5, 0.6) is 0 Å². The lowest BCUT2D eigenvalue weighted by Gasteiger charge is -2.16. The zero-order chi connectivity index (χ0) is 12.3. The van der Waals surface area contributed by atoms with Gasteiger partial charge >= 0.3 is 0 Å². The molecule has 0 amide bonds. The Balaban J connectivity index is 2.40. The van der Waals surface area contributed by atoms with E-state index in [2.05, 4.69) is 20.3 Å². The molecule has 0 radical (unpaired) electrons. The van der Waals surface area contributed by atoms with E-state index in [4.69, 9.17) is 5.73 Å². The first-order valence-corrected chi connectivity index (χ1v) is 5.37. The van der Waals surface area contributed by atoms with Crippen LogP contribution >= 0.6 is 0 Å². The minimum Gasteiger partial charge on any atom is -0.398 e. The number of nitrogens with two attached hydrogens (primary N) is 1. The van der Waals surface area contributed by atoms with Crippen LogP contribution < -0.4 is 11.1 Å². The Labute approximate surface area is 100 Å². The molecule has 0 saturated heterocycles. The van der Waals surface area contributed by atoms with Crippen molar-refractivity contribution >= 4 is 5.69 Å². The van der Waals surface area contributed by atoms with Crippen LogP contribution in [0, 0.1) is 6.92 Å². The van der Waals surface area contributed by atoms with Gasteiger partial charge in [-0.25, -0.2) is 9.97 Å². The van der Waals surface area contributed by atoms with Crippen molar-refractivity contribution in [3.63, 3.8) is 0 Å². The number of hydrogen-bond donors (Lipinski definition) is 2. The van der Waals surface area contributed by atoms with E-state index in [0.717, 1.165) is 11.1 Å². The summed E-state index contributed by atoms with van der Waals surface area (Å²) in [6.07, 6.45) is 6.99. The zero-order valence-electron chi connectivity index (χ0n) is 9.88. The highest BCUT2D eigenvalue weighted by molar-refractivity contribution is 5.48. The van der Waals surface area contributed by atoms with Crippen LogP contribution in [0.2, 0.25) is 0 Å². The molecule has 5 nitrogen and oxygen atoms in total. The molecule has 0 spiro atoms. The lowest BCUT2D eigenvalue weighted by molar-refractivity contribution is 0.644. The molecule has 0 bridgehead atoms. The van der Waals surface area contributed by atoms with Gasteiger partial charge in [-0.15, -0.1) is 0 Å². The van der Waals surface area contributed by atoms with E-state index in [1.165, 1.54) is 0 Å². The molecule has 5 heteroatoms. The van der Waals surface area contributed by atoms with Crippen LogP contribution in [0.4, 0.5) is 5.69 Å². The number of anilines is 1. The second-order valence-electron chi connectivity index (χ2n) is 3.84. The molecule has 1 atom stereocenters. The third-order valence-electron chi connectivity index (χ3n) is 2.55. The summed E-state index contributed by atoms with van der Waals surface area (Å²) in [6.45, 7) is 1.95. The maximum atomic E-state index is 5.93. The fourth-order valence-corrected chi connectivity index (χ4v) is 1.63. The fourth-order valence-electron chi connectivity index (χ4n) is 1.63. The van der Waals surface area contributed by atoms with Crippen molar-refractivity contribution in [2.24, 2.45) is 0 Å². The Bertz CT molecular complexity index is 495. The summed E-state index contributed by atoms with van der Waals surface area (Å²) >= 11 is 0. The minimum atomic E-state index is -0.135. The van der Waals surface area contributed by atoms with Gasteiger partial charge < -0.3 is 11.1 Å². The summed E-state index contributed by atoms with van der Waals surface area (Å²) in [5.41, 5.74) is 8.53. The van der Waals surface area contributed by atoms with Crippen molar-refractivity contribution in [1.29, 1.82) is 0 Å². The van der Waals surface area contributed by atoms with Crippen molar-refractivity contribution in [3.8, 4) is 0 Å². The van der Waals surface area contributed by atoms with Crippen molar-refractivity contribution in [1.82, 2.24) is 20.3 Å². The molecule has 0 aliphatic carbocycles. The Hall–Kier alpha value is -2.01. The molecule has 2 rings (SSSR count). The molecule has 0 aliphatic rings. The fraction of sp³-hybridized carbons (Fsp3) is 0.250. The van der Waals surface area contributed by atoms with Gasteiger partial charge in [0.1, 0.15) is 5.82 Å². The molecule has 0 aliphatic heterocycles. The Morgan fingerprint density at radius 2 is 1.94 bits per heavy atom. The summed E-state index contributed by atoms with van der Waals surface area (Å²) in [5, 5.41) is 3.15. The van der Waals surface area contributed by atoms with Gasteiger partial charge in [-0.2, -0.15) is 0 Å². The molecule has 1 unspecified atom stereocenters. The predicted octanol–water partition coefficient (Wildman–Crippen LogP) is 1.07. The summed E-state index contributed by atoms with van der Waals surface area (Å²) in [7, 11) is 1.85. The van der Waals surface area contributed by atoms with Crippen molar-refractivity contribution in [3.05, 3.63) is 47.8 Å². The van der Waals surface area contributed by atoms with Gasteiger partial charge in [0.25, 0.3) is 0 Å². The van der Waals surface area contributed by atoms with Gasteiger partial charge in [0.05, 0.1) is 6.04 Å². The molecule has 3 N–H and O–H groups in total. The van der Waals surface area contributed by atoms with Gasteiger partial charge in [-0.05, 0) is 25.6 Å². The summed E-state index contributed by atoms with van der Waals surface area (Å²) in [6, 6.07) is 1.64. The Kier molecular flexibility index (Phi) is 3.30. The van der Waals surface area contributed by atoms with E-state index in [1.807, 2.05) is 14.0 Å². The number of aromatic nitrogens is 3. The van der Waals surface area contributed by atoms with E-state index in [9.17, 15) is 0 Å². The first-order chi connectivity index (χ1) is 8.22. The minimum absolute atomic E-state index is 0.135. The lowest BCUT2D eigenvalue weighted by atomic mass is 10.1. The molecular formula is C12H15N5. The van der Waals surface area contributed by atoms with Crippen LogP contribution in [-0.4, -0.2) is 22.0 Å². The zero-order valence-corrected chi connectivity index (χ0v) is 9.88. The average Bonchev–Trinajstić information content (AvgIpc) is 2.35. The van der Waals surface area contributed by atoms with Crippen LogP contribution in [-0.2, 0) is 0 Å². The third-order valence-corrected chi connectivity index (χ3v) is 2.55. The maximum Gasteiger partial charge on any atom is 0.149 e. The van der Waals surface area contributed by atoms with E-state index < -0.39 is 0 Å². The second-order valence-corrected chi connectivity index (χ2v) is 3.84. The smallest absolute Gasteiger partial charge is 0.149 e. The van der Waals surface area contributed by atoms with Crippen molar-refractivity contribution in [2.75, 3.05) is 12.8 Å². The Morgan fingerprint density at radius 1 is 1.24 bits per heavy atom. The molecule has 2 aromatic heterocycles. The topological polar surface area (TPSA) is 76.7 Å². The Morgan fingerprint density at radius 3 is 2.53 bits per heavy atom. The molecule has 0 saturated carbocycles. The molecule has 2 heterocycles. The highest BCUT2D eigenvalue weighted by Crippen LogP contribution is 2.22. The highest BCUT2D eigenvalue weighted by atomic mass is 15.0. The number of nitrogens with zero attached hydrogens (tertiary/aromatic N) is 3. The van der Waals surface area contributed by atoms with E-state index in [-0.39, 0.29) is 6.04 Å². The van der Waals surface area contributed by atoms with Crippen molar-refractivity contribution in [2.45, 2.75) is 13.0 Å². The van der Waals surface area contributed by atoms with Crippen LogP contribution in [0.25, 0.3) is 0 Å². The first kappa shape index (κ1) is 11.5. The number of rotatable bonds is 3. The first-order valence-electron chi connectivity index (χ1n) is 5.37. The van der Waals surface area contributed by atoms with E-state index in [0.29, 0.717) is 11.5 Å². The summed E-state index contributed by atoms with van der Waals surface area (Å²) < 4.78 is 0. The quantitative estimate of drug-likeness (QED) is 0.823. The van der Waals surface area contributed by atoms with Gasteiger partial charge in [0.2, 0.25) is 0 Å². The summed E-state index contributed by atoms with van der Waals surface area (Å²) in [4.78, 5) is 12.7. The lowest BCUT2D eigenvalue weighted by Crippen LogP contribution is -2.21. The SMILES string of the molecule is CNC(c1ncc(C)cn1)c1cnccc1N. The number of nitrogen functional groups attached to an aromatic ring is 1. The monoisotopic (exact) mass is 229 g/mol. The van der Waals surface area contributed by atoms with Crippen LogP contribution in [0.15, 0.2) is 30.9 Å². The van der Waals surface area contributed by atoms with Crippen LogP contribution in [0.1, 0.15) is 23.0 Å². The standard InChI is InChI=1S/C12H15N5/c1-8-5-16-12(17-6-8)11(14-2)9-7-15-4-3-10(9)13/h3-7,11,14H,1-2H3,(H2,13,15). The maximum absolute atomic E-state index is 5.93. The van der Waals surface area contributed by atoms with Gasteiger partial charge in [0.15, 0.2) is 0 Å².